The van der Waals surface area contributed by atoms with Gasteiger partial charge in [-0.1, -0.05) is 31.4 Å². The molecule has 13 heavy (non-hydrogen) atoms. The third-order valence-corrected chi connectivity index (χ3v) is 2.30. The van der Waals surface area contributed by atoms with Gasteiger partial charge in [0, 0.05) is 12.5 Å². The lowest BCUT2D eigenvalue weighted by Gasteiger charge is -2.00. The van der Waals surface area contributed by atoms with E-state index in [2.05, 4.69) is 6.92 Å². The fourth-order valence-electron chi connectivity index (χ4n) is 1.14. The molecule has 0 atom stereocenters. The van der Waals surface area contributed by atoms with E-state index >= 15 is 0 Å². The van der Waals surface area contributed by atoms with Gasteiger partial charge in [0.1, 0.15) is 10.8 Å². The molecule has 0 amide bonds. The zero-order valence-electron chi connectivity index (χ0n) is 7.68. The average molecular weight is 201 g/mol. The van der Waals surface area contributed by atoms with Gasteiger partial charge in [-0.05, 0) is 6.42 Å². The Bertz CT molecular complexity index is 317. The first-order valence-corrected chi connectivity index (χ1v) is 4.89. The number of hydrogen-bond donors (Lipinski definition) is 0. The first-order valence-electron chi connectivity index (χ1n) is 4.52. The van der Waals surface area contributed by atoms with Crippen LogP contribution in [0.5, 0.6) is 0 Å². The molecule has 0 unspecified atom stereocenters. The molecular formula is C10H13ClO2. The monoisotopic (exact) mass is 200 g/mol. The second-order valence-electron chi connectivity index (χ2n) is 2.98. The molecule has 3 heteroatoms. The molecule has 0 spiro atoms. The molecule has 0 N–H and O–H groups in total. The highest BCUT2D eigenvalue weighted by Gasteiger charge is 2.05. The highest BCUT2D eigenvalue weighted by molar-refractivity contribution is 6.31. The Morgan fingerprint density at radius 3 is 2.92 bits per heavy atom. The van der Waals surface area contributed by atoms with Crippen LogP contribution >= 0.6 is 11.6 Å². The summed E-state index contributed by atoms with van der Waals surface area (Å²) in [5.74, 6) is 0.614. The third-order valence-electron chi connectivity index (χ3n) is 1.90. The Hall–Kier alpha value is -0.760. The molecule has 72 valence electrons. The third kappa shape index (κ3) is 2.88. The van der Waals surface area contributed by atoms with Gasteiger partial charge in [0.05, 0.1) is 6.26 Å². The van der Waals surface area contributed by atoms with Gasteiger partial charge in [0.15, 0.2) is 0 Å². The fourth-order valence-corrected chi connectivity index (χ4v) is 1.35. The van der Waals surface area contributed by atoms with Crippen LogP contribution in [0.25, 0.3) is 0 Å². The van der Waals surface area contributed by atoms with Crippen molar-refractivity contribution in [1.82, 2.24) is 0 Å². The maximum absolute atomic E-state index is 11.1. The van der Waals surface area contributed by atoms with Crippen molar-refractivity contribution in [2.75, 3.05) is 0 Å². The summed E-state index contributed by atoms with van der Waals surface area (Å²) in [5, 5.41) is 0.235. The van der Waals surface area contributed by atoms with Crippen molar-refractivity contribution in [3.05, 3.63) is 33.3 Å². The lowest BCUT2D eigenvalue weighted by atomic mass is 10.1. The van der Waals surface area contributed by atoms with E-state index in [1.54, 1.807) is 0 Å². The normalized spacial score (nSPS) is 10.3. The van der Waals surface area contributed by atoms with E-state index in [0.29, 0.717) is 5.76 Å². The zero-order valence-corrected chi connectivity index (χ0v) is 8.43. The van der Waals surface area contributed by atoms with E-state index in [4.69, 9.17) is 16.0 Å². The Morgan fingerprint density at radius 2 is 2.23 bits per heavy atom. The predicted molar refractivity (Wildman–Crippen MR) is 53.2 cm³/mol. The number of unbranched alkanes of at least 4 members (excludes halogenated alkanes) is 2. The lowest BCUT2D eigenvalue weighted by molar-refractivity contribution is 0.479. The molecule has 0 aliphatic heterocycles. The summed E-state index contributed by atoms with van der Waals surface area (Å²) < 4.78 is 5.15. The van der Waals surface area contributed by atoms with Gasteiger partial charge in [-0.3, -0.25) is 4.79 Å². The van der Waals surface area contributed by atoms with Crippen molar-refractivity contribution in [3.63, 3.8) is 0 Å². The maximum atomic E-state index is 11.1. The summed E-state index contributed by atoms with van der Waals surface area (Å²) >= 11 is 5.77. The number of aryl methyl sites for hydroxylation is 1. The summed E-state index contributed by atoms with van der Waals surface area (Å²) in [5.41, 5.74) is -0.153. The molecule has 1 rings (SSSR count). The van der Waals surface area contributed by atoms with Crippen LogP contribution in [0.1, 0.15) is 31.9 Å². The first-order chi connectivity index (χ1) is 6.25. The predicted octanol–water partition coefficient (Wildman–Crippen LogP) is 3.03. The topological polar surface area (TPSA) is 30.2 Å². The molecule has 2 nitrogen and oxygen atoms in total. The van der Waals surface area contributed by atoms with Crippen molar-refractivity contribution in [3.8, 4) is 0 Å². The Balaban J connectivity index is 2.66. The van der Waals surface area contributed by atoms with E-state index in [9.17, 15) is 4.79 Å². The van der Waals surface area contributed by atoms with Gasteiger partial charge in [-0.2, -0.15) is 0 Å². The van der Waals surface area contributed by atoms with Crippen LogP contribution in [0.15, 0.2) is 21.5 Å². The van der Waals surface area contributed by atoms with Crippen LogP contribution in [-0.2, 0) is 6.42 Å². The van der Waals surface area contributed by atoms with Crippen LogP contribution in [0, 0.1) is 0 Å². The van der Waals surface area contributed by atoms with Crippen LogP contribution in [-0.4, -0.2) is 0 Å². The molecule has 0 bridgehead atoms. The smallest absolute Gasteiger partial charge is 0.203 e. The molecule has 0 fully saturated rings. The van der Waals surface area contributed by atoms with E-state index in [1.165, 1.54) is 12.3 Å². The minimum Gasteiger partial charge on any atom is -0.468 e. The van der Waals surface area contributed by atoms with E-state index in [-0.39, 0.29) is 10.5 Å². The van der Waals surface area contributed by atoms with Gasteiger partial charge in [0.25, 0.3) is 0 Å². The fraction of sp³-hybridized carbons (Fsp3) is 0.500. The molecule has 0 aliphatic carbocycles. The van der Waals surface area contributed by atoms with Crippen molar-refractivity contribution in [2.45, 2.75) is 32.6 Å². The van der Waals surface area contributed by atoms with Gasteiger partial charge in [-0.25, -0.2) is 0 Å². The molecule has 1 aromatic rings. The van der Waals surface area contributed by atoms with Crippen LogP contribution in [0.3, 0.4) is 0 Å². The molecule has 0 aromatic carbocycles. The minimum atomic E-state index is -0.153. The summed E-state index contributed by atoms with van der Waals surface area (Å²) in [7, 11) is 0. The number of rotatable bonds is 4. The van der Waals surface area contributed by atoms with E-state index in [1.807, 2.05) is 0 Å². The minimum absolute atomic E-state index is 0.153. The zero-order chi connectivity index (χ0) is 9.68. The SMILES string of the molecule is CCCCCc1occc(=O)c1Cl. The van der Waals surface area contributed by atoms with Gasteiger partial charge in [0.2, 0.25) is 5.43 Å². The molecular weight excluding hydrogens is 188 g/mol. The summed E-state index contributed by atoms with van der Waals surface area (Å²) in [4.78, 5) is 11.1. The molecule has 1 aromatic heterocycles. The Labute approximate surface area is 82.5 Å². The number of hydrogen-bond acceptors (Lipinski definition) is 2. The highest BCUT2D eigenvalue weighted by atomic mass is 35.5. The second kappa shape index (κ2) is 5.07. The van der Waals surface area contributed by atoms with Crippen molar-refractivity contribution in [2.24, 2.45) is 0 Å². The quantitative estimate of drug-likeness (QED) is 0.700. The van der Waals surface area contributed by atoms with Gasteiger partial charge in [-0.15, -0.1) is 0 Å². The Morgan fingerprint density at radius 1 is 1.46 bits per heavy atom. The molecule has 0 radical (unpaired) electrons. The van der Waals surface area contributed by atoms with Crippen molar-refractivity contribution in [1.29, 1.82) is 0 Å². The van der Waals surface area contributed by atoms with Crippen LogP contribution < -0.4 is 5.43 Å². The standard InChI is InChI=1S/C10H13ClO2/c1-2-3-4-5-9-10(11)8(12)6-7-13-9/h6-7H,2-5H2,1H3. The molecule has 0 saturated heterocycles. The molecule has 0 saturated carbocycles. The summed E-state index contributed by atoms with van der Waals surface area (Å²) in [6, 6.07) is 1.34. The highest BCUT2D eigenvalue weighted by Crippen LogP contribution is 2.13. The lowest BCUT2D eigenvalue weighted by Crippen LogP contribution is -2.02. The molecule has 0 aliphatic rings. The van der Waals surface area contributed by atoms with E-state index in [0.717, 1.165) is 25.7 Å². The summed E-state index contributed by atoms with van der Waals surface area (Å²) in [6.07, 6.45) is 5.45. The number of halogens is 1. The first kappa shape index (κ1) is 10.3. The summed E-state index contributed by atoms with van der Waals surface area (Å²) in [6.45, 7) is 2.13. The second-order valence-corrected chi connectivity index (χ2v) is 3.36. The Kier molecular flexibility index (Phi) is 4.03. The van der Waals surface area contributed by atoms with Crippen LogP contribution in [0.2, 0.25) is 5.02 Å². The maximum Gasteiger partial charge on any atom is 0.203 e. The molecule has 1 heterocycles. The van der Waals surface area contributed by atoms with E-state index < -0.39 is 0 Å². The van der Waals surface area contributed by atoms with Gasteiger partial charge < -0.3 is 4.42 Å². The van der Waals surface area contributed by atoms with Crippen LogP contribution in [0.4, 0.5) is 0 Å². The van der Waals surface area contributed by atoms with Crippen molar-refractivity contribution < 1.29 is 4.42 Å². The average Bonchev–Trinajstić information content (AvgIpc) is 2.13. The van der Waals surface area contributed by atoms with Crippen molar-refractivity contribution >= 4 is 11.6 Å². The van der Waals surface area contributed by atoms with Gasteiger partial charge >= 0.3 is 0 Å². The largest absolute Gasteiger partial charge is 0.468 e.